The Morgan fingerprint density at radius 1 is 1.36 bits per heavy atom. The van der Waals surface area contributed by atoms with Crippen molar-refractivity contribution in [3.63, 3.8) is 0 Å². The third-order valence-electron chi connectivity index (χ3n) is 5.39. The molecule has 120 valence electrons. The Morgan fingerprint density at radius 3 is 2.91 bits per heavy atom. The molecule has 2 fully saturated rings. The van der Waals surface area contributed by atoms with Crippen molar-refractivity contribution in [2.45, 2.75) is 25.3 Å². The second-order valence-corrected chi connectivity index (χ2v) is 6.67. The molecule has 1 aromatic carbocycles. The molecule has 2 saturated heterocycles. The van der Waals surface area contributed by atoms with E-state index in [2.05, 4.69) is 11.9 Å². The van der Waals surface area contributed by atoms with E-state index in [9.17, 15) is 15.0 Å². The highest BCUT2D eigenvalue weighted by Crippen LogP contribution is 2.41. The lowest BCUT2D eigenvalue weighted by Crippen LogP contribution is -2.62. The summed E-state index contributed by atoms with van der Waals surface area (Å²) in [4.78, 5) is 16.8. The van der Waals surface area contributed by atoms with Crippen molar-refractivity contribution < 1.29 is 15.0 Å². The fourth-order valence-corrected chi connectivity index (χ4v) is 4.02. The summed E-state index contributed by atoms with van der Waals surface area (Å²) < 4.78 is 0. The maximum absolute atomic E-state index is 12.7. The van der Waals surface area contributed by atoms with Crippen molar-refractivity contribution in [2.24, 2.45) is 5.41 Å². The second kappa shape index (κ2) is 5.89. The molecule has 0 aliphatic carbocycles. The third kappa shape index (κ3) is 2.59. The molecule has 5 nitrogen and oxygen atoms in total. The van der Waals surface area contributed by atoms with E-state index in [4.69, 9.17) is 0 Å². The molecule has 1 amide bonds. The van der Waals surface area contributed by atoms with E-state index in [0.717, 1.165) is 25.8 Å². The molecule has 2 aliphatic heterocycles. The number of nitrogens with zero attached hydrogens (tertiary/aromatic N) is 2. The van der Waals surface area contributed by atoms with Crippen molar-refractivity contribution in [2.75, 3.05) is 33.3 Å². The number of carbonyl (C=O) groups is 1. The van der Waals surface area contributed by atoms with Gasteiger partial charge < -0.3 is 20.0 Å². The summed E-state index contributed by atoms with van der Waals surface area (Å²) in [6.45, 7) is 2.52. The maximum atomic E-state index is 12.7. The molecule has 0 unspecified atom stereocenters. The summed E-state index contributed by atoms with van der Waals surface area (Å²) in [5.74, 6) is 0.0729. The second-order valence-electron chi connectivity index (χ2n) is 6.67. The van der Waals surface area contributed by atoms with Crippen LogP contribution in [-0.4, -0.2) is 65.3 Å². The van der Waals surface area contributed by atoms with Gasteiger partial charge in [-0.3, -0.25) is 4.79 Å². The zero-order chi connectivity index (χ0) is 15.7. The first-order chi connectivity index (χ1) is 10.6. The van der Waals surface area contributed by atoms with Gasteiger partial charge in [-0.25, -0.2) is 0 Å². The Morgan fingerprint density at radius 2 is 2.18 bits per heavy atom. The number of phenolic OH excluding ortho intramolecular Hbond substituents is 1. The molecule has 0 radical (unpaired) electrons. The molecule has 22 heavy (non-hydrogen) atoms. The van der Waals surface area contributed by atoms with Crippen LogP contribution in [0.3, 0.4) is 0 Å². The monoisotopic (exact) mass is 304 g/mol. The molecule has 2 N–H and O–H groups in total. The average Bonchev–Trinajstić information content (AvgIpc) is 2.54. The zero-order valence-corrected chi connectivity index (χ0v) is 13.0. The van der Waals surface area contributed by atoms with Gasteiger partial charge in [0.25, 0.3) is 5.91 Å². The third-order valence-corrected chi connectivity index (χ3v) is 5.39. The highest BCUT2D eigenvalue weighted by molar-refractivity contribution is 5.94. The number of amides is 1. The zero-order valence-electron chi connectivity index (χ0n) is 13.0. The molecule has 0 saturated carbocycles. The smallest absolute Gasteiger partial charge is 0.254 e. The molecule has 0 spiro atoms. The molecular weight excluding hydrogens is 280 g/mol. The van der Waals surface area contributed by atoms with Crippen LogP contribution in [0.1, 0.15) is 29.6 Å². The van der Waals surface area contributed by atoms with E-state index in [1.165, 1.54) is 6.07 Å². The molecule has 0 bridgehead atoms. The van der Waals surface area contributed by atoms with Crippen LogP contribution in [-0.2, 0) is 0 Å². The van der Waals surface area contributed by atoms with Crippen LogP contribution < -0.4 is 0 Å². The van der Waals surface area contributed by atoms with Gasteiger partial charge in [-0.2, -0.15) is 0 Å². The lowest BCUT2D eigenvalue weighted by Gasteiger charge is -2.53. The topological polar surface area (TPSA) is 64.0 Å². The van der Waals surface area contributed by atoms with Crippen LogP contribution in [0.4, 0.5) is 0 Å². The predicted octanol–water partition coefficient (Wildman–Crippen LogP) is 1.31. The van der Waals surface area contributed by atoms with Crippen LogP contribution >= 0.6 is 0 Å². The predicted molar refractivity (Wildman–Crippen MR) is 83.8 cm³/mol. The van der Waals surface area contributed by atoms with Gasteiger partial charge in [0.15, 0.2) is 0 Å². The summed E-state index contributed by atoms with van der Waals surface area (Å²) >= 11 is 0. The Labute approximate surface area is 131 Å². The number of aliphatic hydroxyl groups is 1. The van der Waals surface area contributed by atoms with Gasteiger partial charge in [0.2, 0.25) is 0 Å². The largest absolute Gasteiger partial charge is 0.508 e. The lowest BCUT2D eigenvalue weighted by atomic mass is 9.69. The standard InChI is InChI=1S/C17H24N2O3/c1-18-8-3-6-17(12-20)7-9-19(11-15(17)18)16(22)13-4-2-5-14(21)10-13/h2,4-5,10,15,20-21H,3,6-9,11-12H2,1H3/t15-,17-/m1/s1. The summed E-state index contributed by atoms with van der Waals surface area (Å²) in [7, 11) is 2.08. The van der Waals surface area contributed by atoms with E-state index in [1.807, 2.05) is 4.90 Å². The quantitative estimate of drug-likeness (QED) is 0.865. The molecular formula is C17H24N2O3. The normalized spacial score (nSPS) is 29.2. The number of likely N-dealkylation sites (tertiary alicyclic amines) is 2. The number of fused-ring (bicyclic) bond motifs is 1. The van der Waals surface area contributed by atoms with Crippen LogP contribution in [0.5, 0.6) is 5.75 Å². The number of aliphatic hydroxyl groups excluding tert-OH is 1. The molecule has 5 heteroatoms. The minimum Gasteiger partial charge on any atom is -0.508 e. The van der Waals surface area contributed by atoms with Crippen LogP contribution in [0.25, 0.3) is 0 Å². The Kier molecular flexibility index (Phi) is 4.10. The average molecular weight is 304 g/mol. The number of phenols is 1. The molecule has 3 rings (SSSR count). The van der Waals surface area contributed by atoms with Crippen LogP contribution in [0, 0.1) is 5.41 Å². The first-order valence-corrected chi connectivity index (χ1v) is 7.95. The molecule has 2 aliphatic rings. The van der Waals surface area contributed by atoms with Gasteiger partial charge in [0, 0.05) is 30.1 Å². The van der Waals surface area contributed by atoms with Gasteiger partial charge in [-0.1, -0.05) is 6.07 Å². The van der Waals surface area contributed by atoms with E-state index in [0.29, 0.717) is 18.7 Å². The number of piperidine rings is 2. The number of rotatable bonds is 2. The fourth-order valence-electron chi connectivity index (χ4n) is 4.02. The summed E-state index contributed by atoms with van der Waals surface area (Å²) in [5.41, 5.74) is 0.456. The Balaban J connectivity index is 1.79. The number of hydrogen-bond donors (Lipinski definition) is 2. The minimum atomic E-state index is -0.0669. The van der Waals surface area contributed by atoms with Crippen molar-refractivity contribution in [3.8, 4) is 5.75 Å². The maximum Gasteiger partial charge on any atom is 0.254 e. The summed E-state index contributed by atoms with van der Waals surface area (Å²) in [6.07, 6.45) is 2.98. The van der Waals surface area contributed by atoms with Gasteiger partial charge in [0.05, 0.1) is 6.61 Å². The molecule has 2 heterocycles. The fraction of sp³-hybridized carbons (Fsp3) is 0.588. The van der Waals surface area contributed by atoms with E-state index in [-0.39, 0.29) is 29.7 Å². The minimum absolute atomic E-state index is 0.0404. The van der Waals surface area contributed by atoms with Gasteiger partial charge in [-0.05, 0) is 51.1 Å². The first kappa shape index (κ1) is 15.3. The van der Waals surface area contributed by atoms with Crippen LogP contribution in [0.2, 0.25) is 0 Å². The van der Waals surface area contributed by atoms with Crippen molar-refractivity contribution in [3.05, 3.63) is 29.8 Å². The van der Waals surface area contributed by atoms with Crippen LogP contribution in [0.15, 0.2) is 24.3 Å². The van der Waals surface area contributed by atoms with Gasteiger partial charge >= 0.3 is 0 Å². The van der Waals surface area contributed by atoms with Crippen molar-refractivity contribution >= 4 is 5.91 Å². The molecule has 2 atom stereocenters. The van der Waals surface area contributed by atoms with E-state index >= 15 is 0 Å². The van der Waals surface area contributed by atoms with E-state index in [1.54, 1.807) is 18.2 Å². The number of benzene rings is 1. The first-order valence-electron chi connectivity index (χ1n) is 7.95. The van der Waals surface area contributed by atoms with Gasteiger partial charge in [0.1, 0.15) is 5.75 Å². The number of hydrogen-bond acceptors (Lipinski definition) is 4. The highest BCUT2D eigenvalue weighted by Gasteiger charge is 2.47. The molecule has 0 aromatic heterocycles. The van der Waals surface area contributed by atoms with Gasteiger partial charge in [-0.15, -0.1) is 0 Å². The van der Waals surface area contributed by atoms with Crippen molar-refractivity contribution in [1.29, 1.82) is 0 Å². The Bertz CT molecular complexity index is 563. The number of aromatic hydroxyl groups is 1. The Hall–Kier alpha value is -1.59. The summed E-state index contributed by atoms with van der Waals surface area (Å²) in [5, 5.41) is 19.5. The molecule has 1 aromatic rings. The number of carbonyl (C=O) groups excluding carboxylic acids is 1. The summed E-state index contributed by atoms with van der Waals surface area (Å²) in [6, 6.07) is 6.72. The lowest BCUT2D eigenvalue weighted by molar-refractivity contribution is -0.0601. The SMILES string of the molecule is CN1CCC[C@]2(CO)CCN(C(=O)c3cccc(O)c3)C[C@@H]12. The van der Waals surface area contributed by atoms with E-state index < -0.39 is 0 Å². The highest BCUT2D eigenvalue weighted by atomic mass is 16.3. The number of likely N-dealkylation sites (N-methyl/N-ethyl adjacent to an activating group) is 1. The van der Waals surface area contributed by atoms with Crippen molar-refractivity contribution in [1.82, 2.24) is 9.80 Å².